The van der Waals surface area contributed by atoms with E-state index in [0.29, 0.717) is 35.0 Å². The highest BCUT2D eigenvalue weighted by Gasteiger charge is 2.80. The maximum Gasteiger partial charge on any atom is 0.250 e. The topological polar surface area (TPSA) is 49.4 Å². The van der Waals surface area contributed by atoms with Crippen molar-refractivity contribution in [2.45, 2.75) is 75.4 Å². The van der Waals surface area contributed by atoms with Gasteiger partial charge in [0.05, 0.1) is 5.41 Å². The summed E-state index contributed by atoms with van der Waals surface area (Å²) in [7, 11) is 0. The van der Waals surface area contributed by atoms with Crippen LogP contribution < -0.4 is 5.32 Å². The molecule has 3 aromatic carbocycles. The summed E-state index contributed by atoms with van der Waals surface area (Å²) in [5.41, 5.74) is 1.39. The van der Waals surface area contributed by atoms with Gasteiger partial charge in [-0.1, -0.05) is 61.7 Å². The van der Waals surface area contributed by atoms with Crippen LogP contribution in [0.1, 0.15) is 74.5 Å². The van der Waals surface area contributed by atoms with Gasteiger partial charge in [-0.15, -0.1) is 0 Å². The maximum absolute atomic E-state index is 15.5. The van der Waals surface area contributed by atoms with E-state index in [0.717, 1.165) is 48.8 Å². The number of allylic oxidation sites excluding steroid dienone is 1. The Morgan fingerprint density at radius 3 is 2.39 bits per heavy atom. The second kappa shape index (κ2) is 10.1. The van der Waals surface area contributed by atoms with E-state index in [1.165, 1.54) is 24.3 Å². The largest absolute Gasteiger partial charge is 0.324 e. The molecular formula is C37H35ClF2N2O2. The maximum atomic E-state index is 15.5. The quantitative estimate of drug-likeness (QED) is 0.296. The highest BCUT2D eigenvalue weighted by atomic mass is 35.5. The molecule has 0 bridgehead atoms. The first kappa shape index (κ1) is 28.1. The zero-order valence-corrected chi connectivity index (χ0v) is 25.4. The molecule has 3 aromatic rings. The Morgan fingerprint density at radius 2 is 1.64 bits per heavy atom. The van der Waals surface area contributed by atoms with Gasteiger partial charge in [0.15, 0.2) is 5.78 Å². The molecule has 7 atom stereocenters. The van der Waals surface area contributed by atoms with Crippen molar-refractivity contribution >= 4 is 35.1 Å². The van der Waals surface area contributed by atoms with Gasteiger partial charge in [-0.05, 0) is 103 Å². The Labute approximate surface area is 261 Å². The Morgan fingerprint density at radius 1 is 0.932 bits per heavy atom. The molecule has 7 heteroatoms. The lowest BCUT2D eigenvalue weighted by molar-refractivity contribution is -0.148. The molecule has 3 heterocycles. The summed E-state index contributed by atoms with van der Waals surface area (Å²) in [5.74, 6) is -0.558. The minimum Gasteiger partial charge on any atom is -0.324 e. The van der Waals surface area contributed by atoms with Gasteiger partial charge in [0, 0.05) is 34.3 Å². The average Bonchev–Trinajstić information content (AvgIpc) is 3.57. The van der Waals surface area contributed by atoms with Gasteiger partial charge < -0.3 is 5.32 Å². The van der Waals surface area contributed by atoms with E-state index in [-0.39, 0.29) is 47.2 Å². The van der Waals surface area contributed by atoms with Gasteiger partial charge in [0.2, 0.25) is 0 Å². The van der Waals surface area contributed by atoms with Crippen molar-refractivity contribution in [3.05, 3.63) is 106 Å². The third-order valence-corrected chi connectivity index (χ3v) is 11.9. The number of benzene rings is 3. The molecule has 0 unspecified atom stereocenters. The number of nitrogens with one attached hydrogen (secondary N) is 1. The minimum absolute atomic E-state index is 0.0330. The SMILES string of the molecule is C[C@@H]1[C@@H]2CCCC[C@@H]2N2[C@H]1[C@@H](c1ccc(F)cc1)[C@@]1(CCC/C(=C\c3ccc(F)cc3)C1=O)[C@@]21C(=O)Nc2cc(Cl)ccc21. The fourth-order valence-electron chi connectivity index (χ4n) is 10.2. The molecule has 2 saturated heterocycles. The average molecular weight is 613 g/mol. The lowest BCUT2D eigenvalue weighted by atomic mass is 9.51. The monoisotopic (exact) mass is 612 g/mol. The van der Waals surface area contributed by atoms with E-state index in [2.05, 4.69) is 17.1 Å². The first-order chi connectivity index (χ1) is 21.3. The van der Waals surface area contributed by atoms with Gasteiger partial charge in [-0.3, -0.25) is 14.5 Å². The number of carbonyl (C=O) groups is 2. The van der Waals surface area contributed by atoms with Gasteiger partial charge in [0.1, 0.15) is 17.2 Å². The predicted octanol–water partition coefficient (Wildman–Crippen LogP) is 8.27. The van der Waals surface area contributed by atoms with Crippen LogP contribution in [-0.2, 0) is 15.1 Å². The summed E-state index contributed by atoms with van der Waals surface area (Å²) in [6.45, 7) is 2.30. The first-order valence-electron chi connectivity index (χ1n) is 15.9. The molecule has 3 aliphatic heterocycles. The molecule has 0 aromatic heterocycles. The van der Waals surface area contributed by atoms with Crippen LogP contribution in [0.5, 0.6) is 0 Å². The molecule has 4 fully saturated rings. The standard InChI is InChI=1S/C37H35ClF2N2O2/c1-21-28-6-2-3-7-31(28)42-33(21)32(23-10-15-27(40)16-11-23)36(37(42)29-17-12-25(38)20-30(29)41-35(37)44)18-4-5-24(34(36)43)19-22-8-13-26(39)14-9-22/h8-17,19-21,28,31-33H,2-7,18H2,1H3,(H,41,44)/b24-19+/t21-,28+,31+,32-,33-,36-,37-/m1/s1. The summed E-state index contributed by atoms with van der Waals surface area (Å²) in [6.07, 6.45) is 8.01. The van der Waals surface area contributed by atoms with Crippen LogP contribution in [-0.4, -0.2) is 28.7 Å². The summed E-state index contributed by atoms with van der Waals surface area (Å²) in [6, 6.07) is 18.4. The Kier molecular flexibility index (Phi) is 6.45. The number of ketones is 1. The van der Waals surface area contributed by atoms with E-state index in [1.54, 1.807) is 18.2 Å². The highest BCUT2D eigenvalue weighted by molar-refractivity contribution is 6.31. The number of rotatable bonds is 2. The van der Waals surface area contributed by atoms with Crippen molar-refractivity contribution < 1.29 is 18.4 Å². The number of fused-ring (bicyclic) bond motifs is 7. The fraction of sp³-hybridized carbons (Fsp3) is 0.405. The third-order valence-electron chi connectivity index (χ3n) is 11.7. The fourth-order valence-corrected chi connectivity index (χ4v) is 10.4. The van der Waals surface area contributed by atoms with Gasteiger partial charge in [-0.25, -0.2) is 8.78 Å². The number of hydrogen-bond donors (Lipinski definition) is 1. The molecule has 2 saturated carbocycles. The molecular weight excluding hydrogens is 578 g/mol. The zero-order valence-electron chi connectivity index (χ0n) is 24.7. The second-order valence-electron chi connectivity index (χ2n) is 13.5. The number of Topliss-reactive ketones (excluding diaryl/α,β-unsaturated/α-hetero) is 1. The van der Waals surface area contributed by atoms with E-state index in [9.17, 15) is 13.6 Å². The van der Waals surface area contributed by atoms with E-state index in [1.807, 2.05) is 30.3 Å². The first-order valence-corrected chi connectivity index (χ1v) is 16.3. The molecule has 0 radical (unpaired) electrons. The number of anilines is 1. The predicted molar refractivity (Wildman–Crippen MR) is 167 cm³/mol. The van der Waals surface area contributed by atoms with Gasteiger partial charge in [-0.2, -0.15) is 0 Å². The van der Waals surface area contributed by atoms with Gasteiger partial charge in [0.25, 0.3) is 5.91 Å². The van der Waals surface area contributed by atoms with E-state index < -0.39 is 11.0 Å². The highest BCUT2D eigenvalue weighted by Crippen LogP contribution is 2.73. The number of carbonyl (C=O) groups excluding carboxylic acids is 2. The summed E-state index contributed by atoms with van der Waals surface area (Å²) in [4.78, 5) is 33.0. The van der Waals surface area contributed by atoms with Crippen molar-refractivity contribution in [1.82, 2.24) is 4.90 Å². The number of hydrogen-bond acceptors (Lipinski definition) is 3. The van der Waals surface area contributed by atoms with Crippen molar-refractivity contribution in [3.8, 4) is 0 Å². The molecule has 2 aliphatic carbocycles. The van der Waals surface area contributed by atoms with Crippen molar-refractivity contribution in [3.63, 3.8) is 0 Å². The summed E-state index contributed by atoms with van der Waals surface area (Å²) >= 11 is 6.48. The van der Waals surface area contributed by atoms with Crippen LogP contribution in [0.25, 0.3) is 6.08 Å². The lowest BCUT2D eigenvalue weighted by Crippen LogP contribution is -2.63. The Bertz CT molecular complexity index is 1710. The lowest BCUT2D eigenvalue weighted by Gasteiger charge is -2.51. The number of nitrogens with zero attached hydrogens (tertiary/aromatic N) is 1. The van der Waals surface area contributed by atoms with Crippen LogP contribution >= 0.6 is 11.6 Å². The van der Waals surface area contributed by atoms with Crippen LogP contribution in [0.15, 0.2) is 72.3 Å². The number of halogens is 3. The molecule has 5 aliphatic rings. The second-order valence-corrected chi connectivity index (χ2v) is 14.0. The van der Waals surface area contributed by atoms with Crippen LogP contribution in [0.4, 0.5) is 14.5 Å². The molecule has 2 spiro atoms. The molecule has 4 nitrogen and oxygen atoms in total. The molecule has 1 amide bonds. The van der Waals surface area contributed by atoms with Crippen molar-refractivity contribution in [1.29, 1.82) is 0 Å². The molecule has 8 rings (SSSR count). The van der Waals surface area contributed by atoms with Crippen molar-refractivity contribution in [2.24, 2.45) is 17.3 Å². The van der Waals surface area contributed by atoms with E-state index in [4.69, 9.17) is 11.6 Å². The van der Waals surface area contributed by atoms with Crippen LogP contribution in [0.2, 0.25) is 5.02 Å². The van der Waals surface area contributed by atoms with Crippen molar-refractivity contribution in [2.75, 3.05) is 5.32 Å². The van der Waals surface area contributed by atoms with Crippen LogP contribution in [0.3, 0.4) is 0 Å². The van der Waals surface area contributed by atoms with Gasteiger partial charge >= 0.3 is 0 Å². The molecule has 1 N–H and O–H groups in total. The van der Waals surface area contributed by atoms with E-state index >= 15 is 4.79 Å². The molecule has 44 heavy (non-hydrogen) atoms. The Hall–Kier alpha value is -3.35. The number of amides is 1. The Balaban J connectivity index is 1.43. The molecule has 226 valence electrons. The summed E-state index contributed by atoms with van der Waals surface area (Å²) in [5, 5.41) is 3.72. The minimum atomic E-state index is -1.25. The smallest absolute Gasteiger partial charge is 0.250 e. The van der Waals surface area contributed by atoms with Crippen LogP contribution in [0, 0.1) is 28.9 Å². The third kappa shape index (κ3) is 3.64. The zero-order chi connectivity index (χ0) is 30.4. The normalized spacial score (nSPS) is 35.3. The summed E-state index contributed by atoms with van der Waals surface area (Å²) < 4.78 is 28.2.